The van der Waals surface area contributed by atoms with Crippen LogP contribution in [0.1, 0.15) is 22.0 Å². The van der Waals surface area contributed by atoms with Crippen LogP contribution >= 0.6 is 22.7 Å². The lowest BCUT2D eigenvalue weighted by Crippen LogP contribution is -2.23. The van der Waals surface area contributed by atoms with E-state index in [0.717, 1.165) is 27.1 Å². The maximum absolute atomic E-state index is 11.8. The van der Waals surface area contributed by atoms with Gasteiger partial charge < -0.3 is 5.32 Å². The SMILES string of the molecule is Cc1cc(C)n(-c2nc(CCNC(=O)/C=C/c3cccs3)cs2)n1. The van der Waals surface area contributed by atoms with Crippen LogP contribution in [0.4, 0.5) is 0 Å². The van der Waals surface area contributed by atoms with Crippen molar-refractivity contribution in [2.24, 2.45) is 0 Å². The van der Waals surface area contributed by atoms with E-state index >= 15 is 0 Å². The fourth-order valence-electron chi connectivity index (χ4n) is 2.25. The molecule has 3 rings (SSSR count). The van der Waals surface area contributed by atoms with E-state index in [9.17, 15) is 4.79 Å². The Morgan fingerprint density at radius 1 is 1.38 bits per heavy atom. The zero-order valence-corrected chi connectivity index (χ0v) is 15.2. The largest absolute Gasteiger partial charge is 0.352 e. The molecule has 0 aliphatic rings. The van der Waals surface area contributed by atoms with Crippen LogP contribution < -0.4 is 5.32 Å². The summed E-state index contributed by atoms with van der Waals surface area (Å²) in [6.07, 6.45) is 4.09. The van der Waals surface area contributed by atoms with Crippen molar-refractivity contribution in [3.05, 3.63) is 57.0 Å². The van der Waals surface area contributed by atoms with Crippen LogP contribution in [0.15, 0.2) is 35.0 Å². The smallest absolute Gasteiger partial charge is 0.244 e. The first-order valence-electron chi connectivity index (χ1n) is 7.59. The summed E-state index contributed by atoms with van der Waals surface area (Å²) in [5.74, 6) is -0.0857. The molecule has 7 heteroatoms. The average Bonchev–Trinajstić information content (AvgIpc) is 3.27. The molecule has 5 nitrogen and oxygen atoms in total. The van der Waals surface area contributed by atoms with E-state index < -0.39 is 0 Å². The van der Waals surface area contributed by atoms with Gasteiger partial charge in [0, 0.05) is 35.0 Å². The monoisotopic (exact) mass is 358 g/mol. The first-order chi connectivity index (χ1) is 11.6. The molecule has 0 radical (unpaired) electrons. The third-order valence-electron chi connectivity index (χ3n) is 3.35. The maximum Gasteiger partial charge on any atom is 0.244 e. The Kier molecular flexibility index (Phi) is 5.22. The number of aryl methyl sites for hydroxylation is 2. The number of carbonyl (C=O) groups excluding carboxylic acids is 1. The van der Waals surface area contributed by atoms with Crippen LogP contribution in [-0.2, 0) is 11.2 Å². The number of hydrogen-bond donors (Lipinski definition) is 1. The summed E-state index contributed by atoms with van der Waals surface area (Å²) in [5.41, 5.74) is 3.01. The number of aromatic nitrogens is 3. The van der Waals surface area contributed by atoms with Crippen molar-refractivity contribution in [3.63, 3.8) is 0 Å². The van der Waals surface area contributed by atoms with Crippen LogP contribution in [-0.4, -0.2) is 27.2 Å². The van der Waals surface area contributed by atoms with Gasteiger partial charge >= 0.3 is 0 Å². The molecule has 0 saturated heterocycles. The number of rotatable bonds is 6. The highest BCUT2D eigenvalue weighted by Gasteiger charge is 2.08. The normalized spacial score (nSPS) is 11.2. The van der Waals surface area contributed by atoms with Gasteiger partial charge in [0.05, 0.1) is 11.4 Å². The zero-order chi connectivity index (χ0) is 16.9. The number of thiophene rings is 1. The van der Waals surface area contributed by atoms with E-state index in [-0.39, 0.29) is 5.91 Å². The van der Waals surface area contributed by atoms with Crippen LogP contribution in [0, 0.1) is 13.8 Å². The molecule has 0 aliphatic carbocycles. The Bertz CT molecular complexity index is 846. The van der Waals surface area contributed by atoms with Crippen LogP contribution in [0.5, 0.6) is 0 Å². The molecule has 0 aromatic carbocycles. The van der Waals surface area contributed by atoms with Crippen LogP contribution in [0.25, 0.3) is 11.2 Å². The number of nitrogens with one attached hydrogen (secondary N) is 1. The first kappa shape index (κ1) is 16.6. The Labute approximate surface area is 148 Å². The first-order valence-corrected chi connectivity index (χ1v) is 9.35. The Morgan fingerprint density at radius 2 is 2.25 bits per heavy atom. The van der Waals surface area contributed by atoms with E-state index in [0.29, 0.717) is 13.0 Å². The number of carbonyl (C=O) groups is 1. The third kappa shape index (κ3) is 4.18. The summed E-state index contributed by atoms with van der Waals surface area (Å²) in [6.45, 7) is 4.55. The molecule has 3 heterocycles. The minimum atomic E-state index is -0.0857. The predicted molar refractivity (Wildman–Crippen MR) is 98.8 cm³/mol. The lowest BCUT2D eigenvalue weighted by molar-refractivity contribution is -0.116. The summed E-state index contributed by atoms with van der Waals surface area (Å²) < 4.78 is 1.85. The Balaban J connectivity index is 1.51. The van der Waals surface area contributed by atoms with Gasteiger partial charge in [0.15, 0.2) is 0 Å². The van der Waals surface area contributed by atoms with Gasteiger partial charge in [-0.2, -0.15) is 5.10 Å². The van der Waals surface area contributed by atoms with Gasteiger partial charge in [-0.3, -0.25) is 4.79 Å². The van der Waals surface area contributed by atoms with Gasteiger partial charge in [-0.05, 0) is 37.4 Å². The predicted octanol–water partition coefficient (Wildman–Crippen LogP) is 3.38. The summed E-state index contributed by atoms with van der Waals surface area (Å²) in [6, 6.07) is 5.97. The van der Waals surface area contributed by atoms with Crippen molar-refractivity contribution >= 4 is 34.7 Å². The number of hydrogen-bond acceptors (Lipinski definition) is 5. The summed E-state index contributed by atoms with van der Waals surface area (Å²) in [4.78, 5) is 17.4. The molecule has 0 bridgehead atoms. The second-order valence-electron chi connectivity index (χ2n) is 5.35. The standard InChI is InChI=1S/C17H18N4OS2/c1-12-10-13(2)21(20-12)17-19-14(11-24-17)7-8-18-16(22)6-5-15-4-3-9-23-15/h3-6,9-11H,7-8H2,1-2H3,(H,18,22)/b6-5+. The summed E-state index contributed by atoms with van der Waals surface area (Å²) in [7, 11) is 0. The van der Waals surface area contributed by atoms with E-state index in [1.54, 1.807) is 28.7 Å². The van der Waals surface area contributed by atoms with Crippen LogP contribution in [0.3, 0.4) is 0 Å². The van der Waals surface area contributed by atoms with E-state index in [4.69, 9.17) is 0 Å². The highest BCUT2D eigenvalue weighted by molar-refractivity contribution is 7.12. The van der Waals surface area contributed by atoms with Crippen molar-refractivity contribution < 1.29 is 4.79 Å². The molecule has 0 unspecified atom stereocenters. The number of thiazole rings is 1. The molecule has 3 aromatic rings. The molecular formula is C17H18N4OS2. The second kappa shape index (κ2) is 7.55. The molecule has 0 saturated carbocycles. The zero-order valence-electron chi connectivity index (χ0n) is 13.5. The summed E-state index contributed by atoms with van der Waals surface area (Å²) in [5, 5.41) is 12.2. The molecule has 1 amide bonds. The molecule has 1 N–H and O–H groups in total. The minimum absolute atomic E-state index is 0.0857. The quantitative estimate of drug-likeness (QED) is 0.687. The highest BCUT2D eigenvalue weighted by atomic mass is 32.1. The second-order valence-corrected chi connectivity index (χ2v) is 7.17. The number of nitrogens with zero attached hydrogens (tertiary/aromatic N) is 3. The lowest BCUT2D eigenvalue weighted by atomic mass is 10.3. The van der Waals surface area contributed by atoms with E-state index in [2.05, 4.69) is 15.4 Å². The fraction of sp³-hybridized carbons (Fsp3) is 0.235. The average molecular weight is 358 g/mol. The Morgan fingerprint density at radius 3 is 2.96 bits per heavy atom. The molecule has 124 valence electrons. The van der Waals surface area contributed by atoms with Crippen molar-refractivity contribution in [1.29, 1.82) is 0 Å². The minimum Gasteiger partial charge on any atom is -0.352 e. The van der Waals surface area contributed by atoms with Gasteiger partial charge in [0.1, 0.15) is 0 Å². The molecule has 3 aromatic heterocycles. The number of amides is 1. The third-order valence-corrected chi connectivity index (χ3v) is 5.06. The lowest BCUT2D eigenvalue weighted by Gasteiger charge is -2.00. The van der Waals surface area contributed by atoms with Crippen molar-refractivity contribution in [3.8, 4) is 5.13 Å². The fourth-order valence-corrected chi connectivity index (χ4v) is 3.73. The molecular weight excluding hydrogens is 340 g/mol. The molecule has 0 aliphatic heterocycles. The summed E-state index contributed by atoms with van der Waals surface area (Å²) >= 11 is 3.17. The van der Waals surface area contributed by atoms with Gasteiger partial charge in [-0.15, -0.1) is 22.7 Å². The molecule has 0 fully saturated rings. The van der Waals surface area contributed by atoms with E-state index in [1.807, 2.05) is 53.6 Å². The molecule has 0 atom stereocenters. The van der Waals surface area contributed by atoms with Gasteiger partial charge in [0.25, 0.3) is 0 Å². The molecule has 24 heavy (non-hydrogen) atoms. The van der Waals surface area contributed by atoms with Gasteiger partial charge in [0.2, 0.25) is 11.0 Å². The topological polar surface area (TPSA) is 59.8 Å². The van der Waals surface area contributed by atoms with Crippen molar-refractivity contribution in [1.82, 2.24) is 20.1 Å². The van der Waals surface area contributed by atoms with Crippen LogP contribution in [0.2, 0.25) is 0 Å². The van der Waals surface area contributed by atoms with Gasteiger partial charge in [-0.1, -0.05) is 6.07 Å². The van der Waals surface area contributed by atoms with Gasteiger partial charge in [-0.25, -0.2) is 9.67 Å². The highest BCUT2D eigenvalue weighted by Crippen LogP contribution is 2.17. The van der Waals surface area contributed by atoms with E-state index in [1.165, 1.54) is 0 Å². The van der Waals surface area contributed by atoms with Crippen molar-refractivity contribution in [2.75, 3.05) is 6.54 Å². The maximum atomic E-state index is 11.8. The Hall–Kier alpha value is -2.25. The van der Waals surface area contributed by atoms with Crippen molar-refractivity contribution in [2.45, 2.75) is 20.3 Å². The molecule has 0 spiro atoms.